The van der Waals surface area contributed by atoms with Gasteiger partial charge in [-0.2, -0.15) is 0 Å². The Morgan fingerprint density at radius 1 is 0.933 bits per heavy atom. The molecular formula is C7H23N3O5. The summed E-state index contributed by atoms with van der Waals surface area (Å²) in [6, 6.07) is 0. The fraction of sp³-hybridized carbons (Fsp3) is 0.714. The van der Waals surface area contributed by atoms with Crippen LogP contribution in [0.5, 0.6) is 0 Å². The molecular weight excluding hydrogens is 206 g/mol. The summed E-state index contributed by atoms with van der Waals surface area (Å²) in [5.74, 6) is -2.45. The first kappa shape index (κ1) is 29.2. The lowest BCUT2D eigenvalue weighted by Crippen LogP contribution is -2.25. The van der Waals surface area contributed by atoms with Crippen molar-refractivity contribution in [3.63, 3.8) is 0 Å². The van der Waals surface area contributed by atoms with Crippen LogP contribution in [0.1, 0.15) is 26.2 Å². The van der Waals surface area contributed by atoms with Gasteiger partial charge in [-0.3, -0.25) is 0 Å². The highest BCUT2D eigenvalue weighted by molar-refractivity contribution is 5.67. The minimum absolute atomic E-state index is 0. The first-order valence-electron chi connectivity index (χ1n) is 3.52. The van der Waals surface area contributed by atoms with Gasteiger partial charge in [-0.25, -0.2) is 0 Å². The molecule has 0 saturated carbocycles. The van der Waals surface area contributed by atoms with Gasteiger partial charge in [0.25, 0.3) is 0 Å². The van der Waals surface area contributed by atoms with Gasteiger partial charge < -0.3 is 43.4 Å². The average Bonchev–Trinajstić information content (AvgIpc) is 1.87. The Hall–Kier alpha value is -1.22. The molecule has 0 aliphatic heterocycles. The van der Waals surface area contributed by atoms with E-state index in [1.807, 2.05) is 0 Å². The van der Waals surface area contributed by atoms with Crippen molar-refractivity contribution in [3.05, 3.63) is 0 Å². The van der Waals surface area contributed by atoms with Gasteiger partial charge in [0, 0.05) is 11.9 Å². The predicted molar refractivity (Wildman–Crippen MR) is 52.4 cm³/mol. The third-order valence-corrected chi connectivity index (χ3v) is 0.762. The van der Waals surface area contributed by atoms with E-state index in [0.29, 0.717) is 0 Å². The molecule has 0 bridgehead atoms. The molecule has 0 rings (SSSR count). The number of carbonyl (C=O) groups excluding carboxylic acids is 2. The number of hydrogen-bond donors (Lipinski definition) is 3. The maximum Gasteiger partial charge on any atom is 0.0414 e. The lowest BCUT2D eigenvalue weighted by atomic mass is 10.2. The average molecular weight is 229 g/mol. The maximum atomic E-state index is 9.66. The molecule has 15 heavy (non-hydrogen) atoms. The highest BCUT2D eigenvalue weighted by Crippen LogP contribution is 1.90. The number of carbonyl (C=O) groups is 2. The largest absolute Gasteiger partial charge is 0.855 e. The Morgan fingerprint density at radius 2 is 1.13 bits per heavy atom. The van der Waals surface area contributed by atoms with Gasteiger partial charge in [0.05, 0.1) is 0 Å². The van der Waals surface area contributed by atoms with Crippen LogP contribution < -0.4 is 33.8 Å². The summed E-state index contributed by atoms with van der Waals surface area (Å²) >= 11 is 0. The first-order valence-corrected chi connectivity index (χ1v) is 3.52. The second kappa shape index (κ2) is 23.0. The van der Waals surface area contributed by atoms with Crippen LogP contribution in [0.2, 0.25) is 0 Å². The Balaban J connectivity index is -0.0000000500. The summed E-state index contributed by atoms with van der Waals surface area (Å²) in [4.78, 5) is 19.3. The zero-order valence-corrected chi connectivity index (χ0v) is 9.87. The van der Waals surface area contributed by atoms with E-state index in [1.165, 1.54) is 0 Å². The van der Waals surface area contributed by atoms with E-state index in [0.717, 1.165) is 0 Å². The van der Waals surface area contributed by atoms with E-state index < -0.39 is 11.9 Å². The topological polar surface area (TPSA) is 213 Å². The monoisotopic (exact) mass is 229 g/mol. The standard InChI is InChI=1S/C5H8O4.C2H5O.3H3N/c6-4(7)2-1-3-5(8)9;1-2-3;;;/h1-3H2,(H,6,7)(H,8,9);2H2,1H3;3*1H3/q;-1;;;/p+1. The molecule has 0 heterocycles. The van der Waals surface area contributed by atoms with Crippen molar-refractivity contribution in [1.82, 2.24) is 18.5 Å². The highest BCUT2D eigenvalue weighted by atomic mass is 16.4. The van der Waals surface area contributed by atoms with E-state index in [2.05, 4.69) is 0 Å². The smallest absolute Gasteiger partial charge is 0.0414 e. The minimum atomic E-state index is -1.23. The molecule has 0 aliphatic rings. The normalized spacial score (nSPS) is 6.53. The molecule has 8 heteroatoms. The zero-order valence-electron chi connectivity index (χ0n) is 9.87. The SMILES string of the molecule is CC[O-].O=C([O-])CCCC(=O)[O-].[NH4+].[NH4+].[NH4+]. The molecule has 0 saturated heterocycles. The van der Waals surface area contributed by atoms with Gasteiger partial charge in [0.2, 0.25) is 0 Å². The molecule has 0 spiro atoms. The zero-order chi connectivity index (χ0) is 9.98. The number of rotatable bonds is 4. The summed E-state index contributed by atoms with van der Waals surface area (Å²) in [6.45, 7) is 1.57. The van der Waals surface area contributed by atoms with Crippen LogP contribution >= 0.6 is 0 Å². The number of quaternary nitrogens is 3. The Kier molecular flexibility index (Phi) is 44.8. The van der Waals surface area contributed by atoms with Crippen LogP contribution in [0, 0.1) is 0 Å². The number of aliphatic carboxylic acids is 2. The summed E-state index contributed by atoms with van der Waals surface area (Å²) in [7, 11) is 0. The summed E-state index contributed by atoms with van der Waals surface area (Å²) in [5.41, 5.74) is 0. The fourth-order valence-electron chi connectivity index (χ4n) is 0.377. The van der Waals surface area contributed by atoms with Gasteiger partial charge in [-0.1, -0.05) is 6.92 Å². The van der Waals surface area contributed by atoms with E-state index in [-0.39, 0.29) is 44.3 Å². The van der Waals surface area contributed by atoms with E-state index >= 15 is 0 Å². The van der Waals surface area contributed by atoms with Crippen molar-refractivity contribution in [3.8, 4) is 0 Å². The lowest BCUT2D eigenvalue weighted by Gasteiger charge is -2.01. The van der Waals surface area contributed by atoms with Crippen LogP contribution in [-0.4, -0.2) is 18.5 Å². The van der Waals surface area contributed by atoms with E-state index in [1.54, 1.807) is 6.92 Å². The van der Waals surface area contributed by atoms with Crippen molar-refractivity contribution >= 4 is 11.9 Å². The van der Waals surface area contributed by atoms with Gasteiger partial charge in [-0.05, 0) is 19.3 Å². The number of carboxylic acids is 2. The molecule has 0 atom stereocenters. The number of hydrogen-bond acceptors (Lipinski definition) is 5. The molecule has 0 aromatic heterocycles. The summed E-state index contributed by atoms with van der Waals surface area (Å²) < 4.78 is 0. The fourth-order valence-corrected chi connectivity index (χ4v) is 0.377. The summed E-state index contributed by atoms with van der Waals surface area (Å²) in [5, 5.41) is 28.2. The van der Waals surface area contributed by atoms with Gasteiger partial charge in [-0.15, -0.1) is 6.61 Å². The van der Waals surface area contributed by atoms with Crippen molar-refractivity contribution < 1.29 is 24.9 Å². The lowest BCUT2D eigenvalue weighted by molar-refractivity contribution is -0.361. The van der Waals surface area contributed by atoms with E-state index in [9.17, 15) is 19.8 Å². The van der Waals surface area contributed by atoms with Crippen LogP contribution in [0.25, 0.3) is 0 Å². The third kappa shape index (κ3) is 65.0. The first-order chi connectivity index (χ1) is 5.54. The predicted octanol–water partition coefficient (Wildman–Crippen LogP) is -1.85. The van der Waals surface area contributed by atoms with Gasteiger partial charge in [0.1, 0.15) is 0 Å². The van der Waals surface area contributed by atoms with Crippen molar-refractivity contribution in [2.75, 3.05) is 6.61 Å². The Labute approximate surface area is 89.0 Å². The van der Waals surface area contributed by atoms with Crippen LogP contribution in [0.4, 0.5) is 0 Å². The molecule has 8 nitrogen and oxygen atoms in total. The quantitative estimate of drug-likeness (QED) is 0.504. The molecule has 0 aromatic rings. The number of carboxylic acid groups (broad SMARTS) is 2. The summed E-state index contributed by atoms with van der Waals surface area (Å²) in [6.07, 6.45) is -0.341. The molecule has 96 valence electrons. The molecule has 0 unspecified atom stereocenters. The van der Waals surface area contributed by atoms with Gasteiger partial charge >= 0.3 is 0 Å². The van der Waals surface area contributed by atoms with Crippen molar-refractivity contribution in [1.29, 1.82) is 0 Å². The second-order valence-electron chi connectivity index (χ2n) is 1.89. The molecule has 0 fully saturated rings. The van der Waals surface area contributed by atoms with Crippen molar-refractivity contribution in [2.24, 2.45) is 0 Å². The molecule has 0 aromatic carbocycles. The Morgan fingerprint density at radius 3 is 1.27 bits per heavy atom. The second-order valence-corrected chi connectivity index (χ2v) is 1.89. The molecule has 0 aliphatic carbocycles. The van der Waals surface area contributed by atoms with Crippen LogP contribution in [0.3, 0.4) is 0 Å². The van der Waals surface area contributed by atoms with Crippen LogP contribution in [-0.2, 0) is 9.59 Å². The third-order valence-electron chi connectivity index (χ3n) is 0.762. The van der Waals surface area contributed by atoms with Crippen molar-refractivity contribution in [2.45, 2.75) is 26.2 Å². The Bertz CT molecular complexity index is 129. The highest BCUT2D eigenvalue weighted by Gasteiger charge is 1.87. The molecule has 0 radical (unpaired) electrons. The minimum Gasteiger partial charge on any atom is -0.855 e. The molecule has 0 amide bonds. The molecule has 12 N–H and O–H groups in total. The maximum absolute atomic E-state index is 9.66. The van der Waals surface area contributed by atoms with E-state index in [4.69, 9.17) is 5.11 Å². The van der Waals surface area contributed by atoms with Gasteiger partial charge in [0.15, 0.2) is 0 Å². The van der Waals surface area contributed by atoms with Crippen LogP contribution in [0.15, 0.2) is 0 Å².